The van der Waals surface area contributed by atoms with Crippen LogP contribution in [0.15, 0.2) is 30.5 Å². The zero-order valence-electron chi connectivity index (χ0n) is 20.2. The van der Waals surface area contributed by atoms with E-state index >= 15 is 0 Å². The Balaban J connectivity index is 1.63. The first kappa shape index (κ1) is 24.3. The molecule has 2 unspecified atom stereocenters. The van der Waals surface area contributed by atoms with Gasteiger partial charge in [-0.25, -0.2) is 9.31 Å². The maximum atomic E-state index is 13.4. The van der Waals surface area contributed by atoms with Crippen LogP contribution < -0.4 is 4.89 Å². The molecule has 7 nitrogen and oxygen atoms in total. The molecule has 1 aliphatic carbocycles. The summed E-state index contributed by atoms with van der Waals surface area (Å²) in [7, 11) is 0. The summed E-state index contributed by atoms with van der Waals surface area (Å²) in [5.41, 5.74) is 3.96. The van der Waals surface area contributed by atoms with Crippen LogP contribution in [0.25, 0.3) is 17.0 Å². The van der Waals surface area contributed by atoms with E-state index in [0.717, 1.165) is 30.4 Å². The third-order valence-electron chi connectivity index (χ3n) is 6.74. The second kappa shape index (κ2) is 10.6. The number of unbranched alkanes of at least 4 members (excludes halogenated alkanes) is 1. The number of fused-ring (bicyclic) bond motifs is 1. The largest absolute Gasteiger partial charge is 0.458 e. The van der Waals surface area contributed by atoms with Crippen molar-refractivity contribution in [1.82, 2.24) is 14.6 Å². The summed E-state index contributed by atoms with van der Waals surface area (Å²) in [6.07, 6.45) is 6.90. The minimum Gasteiger partial charge on any atom is -0.458 e. The van der Waals surface area contributed by atoms with Crippen molar-refractivity contribution in [3.05, 3.63) is 41.6 Å². The Morgan fingerprint density at radius 2 is 1.91 bits per heavy atom. The second-order valence-corrected chi connectivity index (χ2v) is 9.80. The van der Waals surface area contributed by atoms with Gasteiger partial charge in [0.15, 0.2) is 17.0 Å². The van der Waals surface area contributed by atoms with Crippen molar-refractivity contribution in [2.24, 2.45) is 17.8 Å². The topological polar surface area (TPSA) is 77.8 Å². The van der Waals surface area contributed by atoms with Crippen molar-refractivity contribution in [3.63, 3.8) is 0 Å². The van der Waals surface area contributed by atoms with Crippen LogP contribution in [0.1, 0.15) is 69.3 Å². The van der Waals surface area contributed by atoms with Crippen LogP contribution in [0, 0.1) is 17.8 Å². The summed E-state index contributed by atoms with van der Waals surface area (Å²) in [6.45, 7) is 8.73. The lowest BCUT2D eigenvalue weighted by Gasteiger charge is -2.37. The lowest BCUT2D eigenvalue weighted by molar-refractivity contribution is -0.107. The molecule has 0 saturated heterocycles. The van der Waals surface area contributed by atoms with Crippen molar-refractivity contribution in [2.75, 3.05) is 0 Å². The molecule has 34 heavy (non-hydrogen) atoms. The van der Waals surface area contributed by atoms with Crippen LogP contribution in [0.3, 0.4) is 0 Å². The molecule has 0 amide bonds. The van der Waals surface area contributed by atoms with Gasteiger partial charge in [-0.1, -0.05) is 58.4 Å². The molecule has 0 radical (unpaired) electrons. The lowest BCUT2D eigenvalue weighted by atomic mass is 9.75. The predicted molar refractivity (Wildman–Crippen MR) is 135 cm³/mol. The van der Waals surface area contributed by atoms with E-state index in [-0.39, 0.29) is 29.3 Å². The fraction of sp³-hybridized carbons (Fsp3) is 0.500. The minimum absolute atomic E-state index is 0.156. The highest BCUT2D eigenvalue weighted by atomic mass is 32.1. The summed E-state index contributed by atoms with van der Waals surface area (Å²) in [6, 6.07) is 8.32. The highest BCUT2D eigenvalue weighted by Gasteiger charge is 2.36. The average molecular weight is 484 g/mol. The number of benzene rings is 1. The zero-order chi connectivity index (χ0) is 24.2. The van der Waals surface area contributed by atoms with Crippen LogP contribution in [0.2, 0.25) is 0 Å². The molecule has 182 valence electrons. The van der Waals surface area contributed by atoms with E-state index < -0.39 is 5.97 Å². The maximum absolute atomic E-state index is 13.4. The predicted octanol–water partition coefficient (Wildman–Crippen LogP) is 6.17. The third kappa shape index (κ3) is 5.12. The van der Waals surface area contributed by atoms with Crippen LogP contribution in [0.4, 0.5) is 0 Å². The Morgan fingerprint density at radius 1 is 1.21 bits per heavy atom. The quantitative estimate of drug-likeness (QED) is 0.170. The first-order valence-corrected chi connectivity index (χ1v) is 12.6. The Labute approximate surface area is 205 Å². The molecule has 0 bridgehead atoms. The van der Waals surface area contributed by atoms with Gasteiger partial charge in [0.1, 0.15) is 6.10 Å². The molecule has 0 spiro atoms. The molecule has 8 heteroatoms. The number of aromatic amines is 1. The summed E-state index contributed by atoms with van der Waals surface area (Å²) < 4.78 is 7.61. The highest BCUT2D eigenvalue weighted by molar-refractivity contribution is 7.78. The van der Waals surface area contributed by atoms with Crippen LogP contribution >= 0.6 is 12.2 Å². The van der Waals surface area contributed by atoms with Crippen molar-refractivity contribution in [1.29, 1.82) is 0 Å². The number of nitrogens with one attached hydrogen (secondary N) is 1. The molecule has 2 aromatic heterocycles. The van der Waals surface area contributed by atoms with Gasteiger partial charge in [-0.15, -0.1) is 5.10 Å². The number of nitrogens with zero attached hydrogens (tertiary/aromatic N) is 2. The highest BCUT2D eigenvalue weighted by Crippen LogP contribution is 2.36. The van der Waals surface area contributed by atoms with E-state index in [1.807, 2.05) is 12.1 Å². The van der Waals surface area contributed by atoms with Crippen molar-refractivity contribution < 1.29 is 19.3 Å². The molecule has 2 heterocycles. The number of hydrogen-bond acceptors (Lipinski definition) is 6. The smallest absolute Gasteiger partial charge is 0.346 e. The average Bonchev–Trinajstić information content (AvgIpc) is 3.36. The van der Waals surface area contributed by atoms with Gasteiger partial charge in [-0.2, -0.15) is 0 Å². The number of hydrogen-bond donors (Lipinski definition) is 1. The van der Waals surface area contributed by atoms with Crippen LogP contribution in [-0.4, -0.2) is 32.2 Å². The Bertz CT molecular complexity index is 1130. The SMILES string of the molecule is CCCCc1ccc(-c2nn3cc(OOC=S)c(C(=O)OC4C(C)CC(C)CC4C)c3[nH]2)cc1. The summed E-state index contributed by atoms with van der Waals surface area (Å²) in [4.78, 5) is 26.8. The molecule has 0 aliphatic heterocycles. The molecule has 1 aromatic carbocycles. The summed E-state index contributed by atoms with van der Waals surface area (Å²) >= 11 is 4.70. The second-order valence-electron chi connectivity index (χ2n) is 9.61. The zero-order valence-corrected chi connectivity index (χ0v) is 21.1. The summed E-state index contributed by atoms with van der Waals surface area (Å²) in [5, 5.41) is 4.61. The van der Waals surface area contributed by atoms with Crippen LogP contribution in [0.5, 0.6) is 5.75 Å². The van der Waals surface area contributed by atoms with E-state index in [1.54, 1.807) is 10.7 Å². The van der Waals surface area contributed by atoms with Gasteiger partial charge in [0.2, 0.25) is 11.3 Å². The Hall–Kier alpha value is -2.87. The van der Waals surface area contributed by atoms with E-state index in [1.165, 1.54) is 18.4 Å². The van der Waals surface area contributed by atoms with E-state index in [2.05, 4.69) is 49.9 Å². The minimum atomic E-state index is -0.464. The molecule has 2 atom stereocenters. The number of ether oxygens (including phenoxy) is 1. The molecule has 1 saturated carbocycles. The molecule has 3 aromatic rings. The number of H-pyrrole nitrogens is 1. The number of aryl methyl sites for hydroxylation is 1. The van der Waals surface area contributed by atoms with Crippen molar-refractivity contribution >= 4 is 29.4 Å². The van der Waals surface area contributed by atoms with Crippen molar-refractivity contribution in [3.8, 4) is 17.1 Å². The monoisotopic (exact) mass is 483 g/mol. The standard InChI is InChI=1S/C26H33N3O4S/c1-5-6-7-19-8-10-20(11-9-19)24-27-25-22(21(33-31-15-34)14-29(25)28-24)26(30)32-23-17(3)12-16(2)13-18(23)4/h8-11,14-18,23H,5-7,12-13H2,1-4H3,(H,27,28). The Morgan fingerprint density at radius 3 is 2.56 bits per heavy atom. The Kier molecular flexibility index (Phi) is 7.56. The molecule has 1 aliphatic rings. The van der Waals surface area contributed by atoms with Gasteiger partial charge in [0.05, 0.1) is 6.20 Å². The lowest BCUT2D eigenvalue weighted by Crippen LogP contribution is -2.37. The number of aromatic nitrogens is 3. The number of thiocarbonyl (C=S) groups is 1. The number of esters is 1. The van der Waals surface area contributed by atoms with Gasteiger partial charge in [-0.05, 0) is 61.2 Å². The summed E-state index contributed by atoms with van der Waals surface area (Å²) in [5.74, 6) is 1.59. The maximum Gasteiger partial charge on any atom is 0.346 e. The normalized spacial score (nSPS) is 22.5. The third-order valence-corrected chi connectivity index (χ3v) is 6.82. The fourth-order valence-electron chi connectivity index (χ4n) is 5.20. The fourth-order valence-corrected chi connectivity index (χ4v) is 5.24. The number of carbonyl (C=O) groups is 1. The van der Waals surface area contributed by atoms with Gasteiger partial charge < -0.3 is 9.72 Å². The molecule has 4 rings (SSSR count). The van der Waals surface area contributed by atoms with Gasteiger partial charge in [-0.3, -0.25) is 9.78 Å². The van der Waals surface area contributed by atoms with E-state index in [9.17, 15) is 4.79 Å². The number of carbonyl (C=O) groups excluding carboxylic acids is 1. The first-order valence-electron chi connectivity index (χ1n) is 12.1. The van der Waals surface area contributed by atoms with E-state index in [0.29, 0.717) is 17.4 Å². The molecular weight excluding hydrogens is 450 g/mol. The molecular formula is C26H33N3O4S. The van der Waals surface area contributed by atoms with Gasteiger partial charge in [0.25, 0.3) is 0 Å². The van der Waals surface area contributed by atoms with Crippen molar-refractivity contribution in [2.45, 2.75) is 65.9 Å². The van der Waals surface area contributed by atoms with Crippen LogP contribution in [-0.2, 0) is 16.0 Å². The van der Waals surface area contributed by atoms with Gasteiger partial charge >= 0.3 is 5.97 Å². The van der Waals surface area contributed by atoms with Gasteiger partial charge in [0, 0.05) is 5.56 Å². The molecule has 1 fully saturated rings. The first-order chi connectivity index (χ1) is 16.4. The molecule has 1 N–H and O–H groups in total. The van der Waals surface area contributed by atoms with E-state index in [4.69, 9.17) is 26.7 Å². The number of rotatable bonds is 9.